The molecule has 0 spiro atoms. The van der Waals surface area contributed by atoms with Crippen LogP contribution in [0.25, 0.3) is 0 Å². The molecule has 9 heavy (non-hydrogen) atoms. The fraction of sp³-hybridized carbons (Fsp3) is 1.00. The zero-order valence-electron chi connectivity index (χ0n) is 6.13. The molecule has 0 radical (unpaired) electrons. The Morgan fingerprint density at radius 3 is 2.44 bits per heavy atom. The molecular formula is C6H14O2S. The number of aliphatic hydroxyl groups is 1. The van der Waals surface area contributed by atoms with Crippen LogP contribution < -0.4 is 0 Å². The summed E-state index contributed by atoms with van der Waals surface area (Å²) in [5.74, 6) is 1.02. The molecule has 0 aliphatic heterocycles. The van der Waals surface area contributed by atoms with E-state index in [0.29, 0.717) is 0 Å². The van der Waals surface area contributed by atoms with Crippen molar-refractivity contribution in [1.82, 2.24) is 0 Å². The minimum Gasteiger partial charge on any atom is -0.368 e. The third-order valence-electron chi connectivity index (χ3n) is 0.790. The zero-order chi connectivity index (χ0) is 7.28. The van der Waals surface area contributed by atoms with Gasteiger partial charge in [0.1, 0.15) is 5.44 Å². The average molecular weight is 150 g/mol. The summed E-state index contributed by atoms with van der Waals surface area (Å²) in [4.78, 5) is 0. The second-order valence-electron chi connectivity index (χ2n) is 1.76. The lowest BCUT2D eigenvalue weighted by atomic mass is 10.7. The fourth-order valence-corrected chi connectivity index (χ4v) is 1.26. The summed E-state index contributed by atoms with van der Waals surface area (Å²) in [6.07, 6.45) is -0.640. The lowest BCUT2D eigenvalue weighted by Crippen LogP contribution is -2.13. The van der Waals surface area contributed by atoms with Gasteiger partial charge >= 0.3 is 0 Å². The molecular weight excluding hydrogens is 136 g/mol. The normalized spacial score (nSPS) is 17.3. The Morgan fingerprint density at radius 2 is 2.11 bits per heavy atom. The molecule has 0 heterocycles. The Labute approximate surface area is 60.6 Å². The molecule has 0 aliphatic rings. The molecule has 2 nitrogen and oxygen atoms in total. The molecule has 2 atom stereocenters. The van der Waals surface area contributed by atoms with Crippen LogP contribution in [-0.2, 0) is 4.74 Å². The van der Waals surface area contributed by atoms with E-state index in [1.165, 1.54) is 0 Å². The van der Waals surface area contributed by atoms with E-state index in [2.05, 4.69) is 6.92 Å². The van der Waals surface area contributed by atoms with E-state index in [0.717, 1.165) is 5.75 Å². The van der Waals surface area contributed by atoms with Crippen molar-refractivity contribution in [3.63, 3.8) is 0 Å². The molecule has 0 aromatic carbocycles. The molecule has 56 valence electrons. The van der Waals surface area contributed by atoms with Gasteiger partial charge in [-0.05, 0) is 19.6 Å². The van der Waals surface area contributed by atoms with Gasteiger partial charge in [-0.1, -0.05) is 6.92 Å². The minimum atomic E-state index is -0.640. The predicted octanol–water partition coefficient (Wildman–Crippen LogP) is 1.44. The molecule has 3 heteroatoms. The smallest absolute Gasteiger partial charge is 0.153 e. The van der Waals surface area contributed by atoms with E-state index >= 15 is 0 Å². The molecule has 0 bridgehead atoms. The number of hydrogen-bond donors (Lipinski definition) is 1. The van der Waals surface area contributed by atoms with Gasteiger partial charge in [0.2, 0.25) is 0 Å². The van der Waals surface area contributed by atoms with Gasteiger partial charge in [-0.15, -0.1) is 11.8 Å². The third-order valence-corrected chi connectivity index (χ3v) is 1.70. The highest BCUT2D eigenvalue weighted by atomic mass is 32.2. The van der Waals surface area contributed by atoms with Crippen LogP contribution in [-0.4, -0.2) is 22.6 Å². The Hall–Kier alpha value is 0.270. The number of rotatable bonds is 4. The topological polar surface area (TPSA) is 29.5 Å². The highest BCUT2D eigenvalue weighted by Gasteiger charge is 2.02. The van der Waals surface area contributed by atoms with Crippen molar-refractivity contribution in [3.8, 4) is 0 Å². The fourth-order valence-electron chi connectivity index (χ4n) is 0.551. The predicted molar refractivity (Wildman–Crippen MR) is 40.4 cm³/mol. The first-order valence-electron chi connectivity index (χ1n) is 3.12. The van der Waals surface area contributed by atoms with Gasteiger partial charge in [0, 0.05) is 0 Å². The maximum atomic E-state index is 8.71. The maximum absolute atomic E-state index is 8.71. The van der Waals surface area contributed by atoms with Gasteiger partial charge in [-0.25, -0.2) is 0 Å². The first kappa shape index (κ1) is 9.27. The summed E-state index contributed by atoms with van der Waals surface area (Å²) >= 11 is 1.68. The lowest BCUT2D eigenvalue weighted by molar-refractivity contribution is -0.0912. The SMILES string of the molecule is CCSC(C)OC(C)O. The largest absolute Gasteiger partial charge is 0.368 e. The van der Waals surface area contributed by atoms with E-state index < -0.39 is 6.29 Å². The molecule has 0 saturated carbocycles. The summed E-state index contributed by atoms with van der Waals surface area (Å²) in [6, 6.07) is 0. The summed E-state index contributed by atoms with van der Waals surface area (Å²) in [5, 5.41) is 8.71. The molecule has 0 saturated heterocycles. The van der Waals surface area contributed by atoms with Crippen molar-refractivity contribution in [2.75, 3.05) is 5.75 Å². The Morgan fingerprint density at radius 1 is 1.56 bits per heavy atom. The van der Waals surface area contributed by atoms with Crippen molar-refractivity contribution < 1.29 is 9.84 Å². The van der Waals surface area contributed by atoms with Gasteiger partial charge in [0.05, 0.1) is 0 Å². The van der Waals surface area contributed by atoms with Crippen LogP contribution in [0.2, 0.25) is 0 Å². The monoisotopic (exact) mass is 150 g/mol. The first-order chi connectivity index (χ1) is 4.16. The van der Waals surface area contributed by atoms with Crippen molar-refractivity contribution in [3.05, 3.63) is 0 Å². The van der Waals surface area contributed by atoms with E-state index in [1.807, 2.05) is 6.92 Å². The van der Waals surface area contributed by atoms with Crippen molar-refractivity contribution in [2.24, 2.45) is 0 Å². The van der Waals surface area contributed by atoms with Gasteiger partial charge in [-0.2, -0.15) is 0 Å². The van der Waals surface area contributed by atoms with E-state index in [4.69, 9.17) is 9.84 Å². The number of aliphatic hydroxyl groups excluding tert-OH is 1. The van der Waals surface area contributed by atoms with E-state index in [-0.39, 0.29) is 5.44 Å². The number of thioether (sulfide) groups is 1. The van der Waals surface area contributed by atoms with Crippen LogP contribution in [0.3, 0.4) is 0 Å². The molecule has 0 rings (SSSR count). The van der Waals surface area contributed by atoms with Crippen molar-refractivity contribution in [2.45, 2.75) is 32.5 Å². The summed E-state index contributed by atoms with van der Waals surface area (Å²) in [5.41, 5.74) is 0.106. The molecule has 2 unspecified atom stereocenters. The van der Waals surface area contributed by atoms with Crippen LogP contribution >= 0.6 is 11.8 Å². The standard InChI is InChI=1S/C6H14O2S/c1-4-9-6(3)8-5(2)7/h5-7H,4H2,1-3H3. The van der Waals surface area contributed by atoms with Crippen LogP contribution in [0.4, 0.5) is 0 Å². The van der Waals surface area contributed by atoms with Gasteiger partial charge in [0.15, 0.2) is 6.29 Å². The molecule has 0 aromatic rings. The Balaban J connectivity index is 3.15. The number of ether oxygens (including phenoxy) is 1. The summed E-state index contributed by atoms with van der Waals surface area (Å²) < 4.78 is 5.01. The van der Waals surface area contributed by atoms with Crippen LogP contribution in [0.1, 0.15) is 20.8 Å². The molecule has 1 N–H and O–H groups in total. The quantitative estimate of drug-likeness (QED) is 0.615. The highest BCUT2D eigenvalue weighted by molar-refractivity contribution is 7.99. The lowest BCUT2D eigenvalue weighted by Gasteiger charge is -2.12. The second kappa shape index (κ2) is 5.09. The van der Waals surface area contributed by atoms with Crippen LogP contribution in [0.5, 0.6) is 0 Å². The summed E-state index contributed by atoms with van der Waals surface area (Å²) in [6.45, 7) is 5.61. The Kier molecular flexibility index (Phi) is 5.24. The van der Waals surface area contributed by atoms with Gasteiger partial charge in [-0.3, -0.25) is 0 Å². The van der Waals surface area contributed by atoms with Crippen LogP contribution in [0.15, 0.2) is 0 Å². The summed E-state index contributed by atoms with van der Waals surface area (Å²) in [7, 11) is 0. The van der Waals surface area contributed by atoms with Crippen LogP contribution in [0, 0.1) is 0 Å². The second-order valence-corrected chi connectivity index (χ2v) is 3.33. The Bertz CT molecular complexity index is 66.1. The molecule has 0 fully saturated rings. The van der Waals surface area contributed by atoms with Crippen molar-refractivity contribution >= 4 is 11.8 Å². The molecule has 0 aliphatic carbocycles. The van der Waals surface area contributed by atoms with Gasteiger partial charge in [0.25, 0.3) is 0 Å². The van der Waals surface area contributed by atoms with Gasteiger partial charge < -0.3 is 9.84 Å². The number of hydrogen-bond acceptors (Lipinski definition) is 3. The molecule has 0 aromatic heterocycles. The zero-order valence-corrected chi connectivity index (χ0v) is 6.94. The molecule has 0 amide bonds. The minimum absolute atomic E-state index is 0.106. The van der Waals surface area contributed by atoms with E-state index in [9.17, 15) is 0 Å². The van der Waals surface area contributed by atoms with Crippen molar-refractivity contribution in [1.29, 1.82) is 0 Å². The third kappa shape index (κ3) is 6.15. The first-order valence-corrected chi connectivity index (χ1v) is 4.16. The maximum Gasteiger partial charge on any atom is 0.153 e. The average Bonchev–Trinajstić information content (AvgIpc) is 1.63. The highest BCUT2D eigenvalue weighted by Crippen LogP contribution is 2.11. The van der Waals surface area contributed by atoms with E-state index in [1.54, 1.807) is 18.7 Å².